The first-order valence-corrected chi connectivity index (χ1v) is 25.7. The molecule has 0 aromatic carbocycles. The van der Waals surface area contributed by atoms with Gasteiger partial charge in [-0.3, -0.25) is 0 Å². The van der Waals surface area contributed by atoms with Crippen LogP contribution in [0.5, 0.6) is 0 Å². The Kier molecular flexibility index (Phi) is 16.3. The van der Waals surface area contributed by atoms with E-state index in [0.717, 1.165) is 6.42 Å². The highest BCUT2D eigenvalue weighted by molar-refractivity contribution is 7.27. The summed E-state index contributed by atoms with van der Waals surface area (Å²) >= 11 is 10.0. The molecular formula is C48H65NS5. The quantitative estimate of drug-likeness (QED) is 0.0550. The van der Waals surface area contributed by atoms with Gasteiger partial charge in [-0.25, -0.2) is 4.99 Å². The van der Waals surface area contributed by atoms with Crippen LogP contribution in [0.1, 0.15) is 173 Å². The molecule has 1 aliphatic heterocycles. The van der Waals surface area contributed by atoms with E-state index in [9.17, 15) is 0 Å². The molecule has 0 fully saturated rings. The number of rotatable bonds is 24. The minimum Gasteiger partial charge on any atom is -0.240 e. The third-order valence-corrected chi connectivity index (χ3v) is 17.4. The Morgan fingerprint density at radius 3 is 1.30 bits per heavy atom. The molecule has 5 aromatic rings. The van der Waals surface area contributed by atoms with Crippen molar-refractivity contribution in [2.45, 2.75) is 176 Å². The van der Waals surface area contributed by atoms with Gasteiger partial charge in [0.1, 0.15) is 5.00 Å². The number of fused-ring (bicyclic) bond motifs is 1. The third-order valence-electron chi connectivity index (χ3n) is 11.2. The molecule has 0 radical (unpaired) electrons. The Morgan fingerprint density at radius 2 is 0.833 bits per heavy atom. The maximum Gasteiger partial charge on any atom is 0.120 e. The van der Waals surface area contributed by atoms with Crippen LogP contribution >= 0.6 is 56.7 Å². The molecular weight excluding hydrogens is 751 g/mol. The van der Waals surface area contributed by atoms with E-state index in [-0.39, 0.29) is 0 Å². The van der Waals surface area contributed by atoms with E-state index < -0.39 is 0 Å². The van der Waals surface area contributed by atoms with Crippen molar-refractivity contribution in [3.8, 4) is 29.3 Å². The monoisotopic (exact) mass is 815 g/mol. The van der Waals surface area contributed by atoms with Crippen molar-refractivity contribution in [3.05, 3.63) is 72.8 Å². The fourth-order valence-corrected chi connectivity index (χ4v) is 13.9. The van der Waals surface area contributed by atoms with Gasteiger partial charge >= 0.3 is 0 Å². The van der Waals surface area contributed by atoms with Crippen LogP contribution in [0.4, 0.5) is 5.00 Å². The van der Waals surface area contributed by atoms with Crippen LogP contribution < -0.4 is 0 Å². The Morgan fingerprint density at radius 1 is 0.426 bits per heavy atom. The van der Waals surface area contributed by atoms with E-state index in [0.29, 0.717) is 0 Å². The Hall–Kier alpha value is -1.83. The van der Waals surface area contributed by atoms with Crippen molar-refractivity contribution in [1.29, 1.82) is 0 Å². The highest BCUT2D eigenvalue weighted by Crippen LogP contribution is 2.49. The fourth-order valence-electron chi connectivity index (χ4n) is 7.88. The van der Waals surface area contributed by atoms with Crippen LogP contribution in [0, 0.1) is 13.8 Å². The van der Waals surface area contributed by atoms with Crippen molar-refractivity contribution < 1.29 is 0 Å². The Labute approximate surface area is 348 Å². The number of hydrogen-bond donors (Lipinski definition) is 0. The van der Waals surface area contributed by atoms with E-state index >= 15 is 0 Å². The van der Waals surface area contributed by atoms with Crippen LogP contribution in [0.2, 0.25) is 0 Å². The SMILES string of the molecule is CCCCCCc1cc(-c2sc(C3=Nc4sc(-c5cc(CCCCCC)c(-c6cc(CCCCCC)c(C)s6)s5)cc4C3)cc2CCCCCC)sc1C. The minimum absolute atomic E-state index is 0.959. The highest BCUT2D eigenvalue weighted by atomic mass is 32.1. The van der Waals surface area contributed by atoms with Gasteiger partial charge in [0.05, 0.1) is 5.71 Å². The molecule has 0 saturated heterocycles. The van der Waals surface area contributed by atoms with Gasteiger partial charge < -0.3 is 0 Å². The first kappa shape index (κ1) is 41.8. The summed E-state index contributed by atoms with van der Waals surface area (Å²) in [5, 5.41) is 1.24. The average Bonchev–Trinajstić information content (AvgIpc) is 4.01. The minimum atomic E-state index is 0.959. The lowest BCUT2D eigenvalue weighted by Gasteiger charge is -2.02. The number of thiophene rings is 5. The molecule has 6 rings (SSSR count). The van der Waals surface area contributed by atoms with Crippen molar-refractivity contribution >= 4 is 67.4 Å². The number of nitrogens with zero attached hydrogens (tertiary/aromatic N) is 1. The topological polar surface area (TPSA) is 12.4 Å². The normalized spacial score (nSPS) is 12.7. The van der Waals surface area contributed by atoms with E-state index in [1.165, 1.54) is 189 Å². The standard InChI is InChI=1S/C48H65NS5/c1-7-11-15-19-23-35-28-44(50-33(35)5)46-37(25-21-17-13-9-3)30-41(52-46)40-27-39-32-43(54-48(39)49-40)42-31-38(26-22-18-14-10-4)47(53-42)45-29-36(34(6)51-45)24-20-16-12-8-2/h28-32H,7-27H2,1-6H3. The second kappa shape index (κ2) is 21.1. The van der Waals surface area contributed by atoms with Gasteiger partial charge in [0, 0.05) is 50.3 Å². The van der Waals surface area contributed by atoms with Gasteiger partial charge in [-0.05, 0) is 123 Å². The van der Waals surface area contributed by atoms with Gasteiger partial charge in [-0.1, -0.05) is 105 Å². The van der Waals surface area contributed by atoms with Gasteiger partial charge in [-0.15, -0.1) is 56.7 Å². The van der Waals surface area contributed by atoms with Gasteiger partial charge in [0.15, 0.2) is 0 Å². The lowest BCUT2D eigenvalue weighted by Crippen LogP contribution is -1.97. The molecule has 0 spiro atoms. The zero-order chi connectivity index (χ0) is 37.9. The first-order valence-electron chi connectivity index (χ1n) is 21.6. The zero-order valence-corrected chi connectivity index (χ0v) is 38.3. The maximum absolute atomic E-state index is 5.38. The maximum atomic E-state index is 5.38. The summed E-state index contributed by atoms with van der Waals surface area (Å²) in [6.07, 6.45) is 26.9. The molecule has 0 amide bonds. The lowest BCUT2D eigenvalue weighted by atomic mass is 10.0. The van der Waals surface area contributed by atoms with Crippen LogP contribution in [-0.4, -0.2) is 5.71 Å². The summed E-state index contributed by atoms with van der Waals surface area (Å²) in [6.45, 7) is 13.9. The van der Waals surface area contributed by atoms with Crippen molar-refractivity contribution in [2.75, 3.05) is 0 Å². The fraction of sp³-hybridized carbons (Fsp3) is 0.562. The average molecular weight is 816 g/mol. The van der Waals surface area contributed by atoms with Crippen molar-refractivity contribution in [2.24, 2.45) is 4.99 Å². The Bertz CT molecular complexity index is 1940. The van der Waals surface area contributed by atoms with Crippen LogP contribution in [0.25, 0.3) is 29.3 Å². The zero-order valence-electron chi connectivity index (χ0n) is 34.2. The van der Waals surface area contributed by atoms with Crippen molar-refractivity contribution in [1.82, 2.24) is 0 Å². The molecule has 0 unspecified atom stereocenters. The van der Waals surface area contributed by atoms with Crippen LogP contribution in [0.15, 0.2) is 35.3 Å². The molecule has 0 N–H and O–H groups in total. The molecule has 54 heavy (non-hydrogen) atoms. The smallest absolute Gasteiger partial charge is 0.120 e. The summed E-state index contributed by atoms with van der Waals surface area (Å²) in [5.41, 5.74) is 8.97. The predicted octanol–water partition coefficient (Wildman–Crippen LogP) is 17.8. The number of unbranched alkanes of at least 4 members (excludes halogenated alkanes) is 12. The molecule has 1 aliphatic rings. The molecule has 0 saturated carbocycles. The third kappa shape index (κ3) is 10.8. The summed E-state index contributed by atoms with van der Waals surface area (Å²) in [7, 11) is 0. The molecule has 292 valence electrons. The summed E-state index contributed by atoms with van der Waals surface area (Å²) in [4.78, 5) is 18.7. The summed E-state index contributed by atoms with van der Waals surface area (Å²) < 4.78 is 0. The second-order valence-corrected chi connectivity index (χ2v) is 21.4. The molecule has 0 atom stereocenters. The second-order valence-electron chi connectivity index (χ2n) is 15.7. The predicted molar refractivity (Wildman–Crippen MR) is 249 cm³/mol. The van der Waals surface area contributed by atoms with E-state index in [2.05, 4.69) is 71.9 Å². The van der Waals surface area contributed by atoms with Gasteiger partial charge in [0.25, 0.3) is 0 Å². The van der Waals surface area contributed by atoms with Crippen molar-refractivity contribution in [3.63, 3.8) is 0 Å². The van der Waals surface area contributed by atoms with Crippen LogP contribution in [-0.2, 0) is 32.1 Å². The first-order chi connectivity index (χ1) is 26.4. The van der Waals surface area contributed by atoms with Crippen LogP contribution in [0.3, 0.4) is 0 Å². The largest absolute Gasteiger partial charge is 0.240 e. The molecule has 6 heterocycles. The van der Waals surface area contributed by atoms with E-state index in [1.807, 2.05) is 56.7 Å². The lowest BCUT2D eigenvalue weighted by molar-refractivity contribution is 0.666. The summed E-state index contributed by atoms with van der Waals surface area (Å²) in [5.74, 6) is 0. The number of aliphatic imine (C=N–C) groups is 1. The molecule has 5 aromatic heterocycles. The van der Waals surface area contributed by atoms with Gasteiger partial charge in [-0.2, -0.15) is 0 Å². The summed E-state index contributed by atoms with van der Waals surface area (Å²) in [6, 6.07) is 12.6. The van der Waals surface area contributed by atoms with Gasteiger partial charge in [0.2, 0.25) is 0 Å². The van der Waals surface area contributed by atoms with E-state index in [1.54, 1.807) is 22.3 Å². The molecule has 1 nitrogen and oxygen atoms in total. The molecule has 6 heteroatoms. The highest BCUT2D eigenvalue weighted by Gasteiger charge is 2.25. The van der Waals surface area contributed by atoms with E-state index in [4.69, 9.17) is 4.99 Å². The molecule has 0 aliphatic carbocycles. The Balaban J connectivity index is 1.23. The molecule has 0 bridgehead atoms. The number of hydrogen-bond acceptors (Lipinski definition) is 6. The number of aryl methyl sites for hydroxylation is 6.